The summed E-state index contributed by atoms with van der Waals surface area (Å²) in [6.45, 7) is 3.86. The fourth-order valence-corrected chi connectivity index (χ4v) is 2.42. The quantitative estimate of drug-likeness (QED) is 0.885. The van der Waals surface area contributed by atoms with E-state index in [1.807, 2.05) is 24.3 Å². The summed E-state index contributed by atoms with van der Waals surface area (Å²) in [7, 11) is 0. The summed E-state index contributed by atoms with van der Waals surface area (Å²) in [6.07, 6.45) is 1.000. The molecule has 0 saturated heterocycles. The Bertz CT molecular complexity index is 561. The summed E-state index contributed by atoms with van der Waals surface area (Å²) in [5, 5.41) is 12.7. The predicted molar refractivity (Wildman–Crippen MR) is 72.9 cm³/mol. The summed E-state index contributed by atoms with van der Waals surface area (Å²) in [5.74, 6) is -0.988. The van der Waals surface area contributed by atoms with Crippen LogP contribution in [-0.2, 0) is 6.42 Å². The Labute approximate surface area is 109 Å². The van der Waals surface area contributed by atoms with Crippen LogP contribution in [0.5, 0.6) is 0 Å². The van der Waals surface area contributed by atoms with Crippen LogP contribution >= 0.6 is 11.3 Å². The Morgan fingerprint density at radius 2 is 2.06 bits per heavy atom. The van der Waals surface area contributed by atoms with Gasteiger partial charge in [-0.1, -0.05) is 19.1 Å². The van der Waals surface area contributed by atoms with Crippen molar-refractivity contribution >= 4 is 28.1 Å². The van der Waals surface area contributed by atoms with Crippen LogP contribution in [0.4, 0.5) is 10.8 Å². The van der Waals surface area contributed by atoms with Crippen molar-refractivity contribution in [1.29, 1.82) is 0 Å². The highest BCUT2D eigenvalue weighted by atomic mass is 32.1. The number of anilines is 2. The SMILES string of the molecule is CCc1ccc(Nc2nc(C(=O)O)c(C)s2)cc1. The van der Waals surface area contributed by atoms with Crippen LogP contribution in [0.1, 0.15) is 27.9 Å². The van der Waals surface area contributed by atoms with Crippen LogP contribution in [0, 0.1) is 6.92 Å². The number of aromatic carboxylic acids is 1. The van der Waals surface area contributed by atoms with Gasteiger partial charge in [0.25, 0.3) is 0 Å². The van der Waals surface area contributed by atoms with E-state index < -0.39 is 5.97 Å². The number of nitrogens with zero attached hydrogens (tertiary/aromatic N) is 1. The maximum atomic E-state index is 10.9. The zero-order valence-corrected chi connectivity index (χ0v) is 11.0. The molecule has 0 spiro atoms. The average molecular weight is 262 g/mol. The highest BCUT2D eigenvalue weighted by Crippen LogP contribution is 2.25. The number of carboxylic acids is 1. The molecule has 18 heavy (non-hydrogen) atoms. The number of carboxylic acid groups (broad SMARTS) is 1. The zero-order valence-electron chi connectivity index (χ0n) is 10.2. The highest BCUT2D eigenvalue weighted by molar-refractivity contribution is 7.15. The molecule has 94 valence electrons. The van der Waals surface area contributed by atoms with Crippen LogP contribution in [0.25, 0.3) is 0 Å². The van der Waals surface area contributed by atoms with Gasteiger partial charge < -0.3 is 10.4 Å². The number of benzene rings is 1. The van der Waals surface area contributed by atoms with E-state index >= 15 is 0 Å². The molecule has 2 rings (SSSR count). The number of rotatable bonds is 4. The van der Waals surface area contributed by atoms with E-state index in [0.717, 1.165) is 12.1 Å². The van der Waals surface area contributed by atoms with E-state index in [0.29, 0.717) is 10.0 Å². The van der Waals surface area contributed by atoms with Gasteiger partial charge in [0, 0.05) is 10.6 Å². The van der Waals surface area contributed by atoms with Gasteiger partial charge >= 0.3 is 5.97 Å². The molecule has 0 aliphatic rings. The van der Waals surface area contributed by atoms with Gasteiger partial charge in [0.1, 0.15) is 0 Å². The Balaban J connectivity index is 2.18. The Morgan fingerprint density at radius 1 is 1.39 bits per heavy atom. The topological polar surface area (TPSA) is 62.2 Å². The number of hydrogen-bond donors (Lipinski definition) is 2. The molecule has 1 aromatic carbocycles. The number of aromatic nitrogens is 1. The molecule has 0 saturated carbocycles. The molecule has 5 heteroatoms. The Hall–Kier alpha value is -1.88. The maximum Gasteiger partial charge on any atom is 0.355 e. The lowest BCUT2D eigenvalue weighted by Gasteiger charge is -2.03. The first-order valence-corrected chi connectivity index (χ1v) is 6.48. The Morgan fingerprint density at radius 3 is 2.56 bits per heavy atom. The number of thiazole rings is 1. The van der Waals surface area contributed by atoms with Crippen molar-refractivity contribution in [3.8, 4) is 0 Å². The van der Waals surface area contributed by atoms with Crippen LogP contribution in [0.2, 0.25) is 0 Å². The lowest BCUT2D eigenvalue weighted by atomic mass is 10.1. The standard InChI is InChI=1S/C13H14N2O2S/c1-3-9-4-6-10(7-5-9)14-13-15-11(12(16)17)8(2)18-13/h4-7H,3H2,1-2H3,(H,14,15)(H,16,17). The van der Waals surface area contributed by atoms with Crippen molar-refractivity contribution in [1.82, 2.24) is 4.98 Å². The summed E-state index contributed by atoms with van der Waals surface area (Å²) < 4.78 is 0. The first-order valence-electron chi connectivity index (χ1n) is 5.67. The molecule has 2 aromatic rings. The smallest absolute Gasteiger partial charge is 0.355 e. The minimum Gasteiger partial charge on any atom is -0.476 e. The van der Waals surface area contributed by atoms with Gasteiger partial charge in [-0.25, -0.2) is 9.78 Å². The maximum absolute atomic E-state index is 10.9. The molecule has 1 heterocycles. The summed E-state index contributed by atoms with van der Waals surface area (Å²) >= 11 is 1.34. The van der Waals surface area contributed by atoms with Gasteiger partial charge in [-0.05, 0) is 31.0 Å². The second kappa shape index (κ2) is 5.18. The van der Waals surface area contributed by atoms with Crippen molar-refractivity contribution in [2.75, 3.05) is 5.32 Å². The molecule has 2 N–H and O–H groups in total. The fourth-order valence-electron chi connectivity index (χ4n) is 1.60. The molecule has 0 aliphatic carbocycles. The van der Waals surface area contributed by atoms with Gasteiger partial charge in [-0.3, -0.25) is 0 Å². The van der Waals surface area contributed by atoms with Crippen molar-refractivity contribution in [2.24, 2.45) is 0 Å². The average Bonchev–Trinajstić information content (AvgIpc) is 2.71. The predicted octanol–water partition coefficient (Wildman–Crippen LogP) is 3.46. The molecule has 0 fully saturated rings. The minimum atomic E-state index is -0.988. The first-order chi connectivity index (χ1) is 8.60. The van der Waals surface area contributed by atoms with Gasteiger partial charge in [0.15, 0.2) is 10.8 Å². The highest BCUT2D eigenvalue weighted by Gasteiger charge is 2.13. The van der Waals surface area contributed by atoms with Gasteiger partial charge in [-0.2, -0.15) is 0 Å². The van der Waals surface area contributed by atoms with E-state index in [1.165, 1.54) is 16.9 Å². The molecule has 4 nitrogen and oxygen atoms in total. The second-order valence-corrected chi connectivity index (χ2v) is 5.11. The van der Waals surface area contributed by atoms with Crippen molar-refractivity contribution in [3.63, 3.8) is 0 Å². The van der Waals surface area contributed by atoms with Gasteiger partial charge in [0.2, 0.25) is 0 Å². The normalized spacial score (nSPS) is 10.3. The molecular formula is C13H14N2O2S. The molecule has 1 aromatic heterocycles. The molecule has 0 aliphatic heterocycles. The van der Waals surface area contributed by atoms with E-state index in [2.05, 4.69) is 17.2 Å². The number of nitrogens with one attached hydrogen (secondary N) is 1. The third-order valence-electron chi connectivity index (χ3n) is 2.61. The van der Waals surface area contributed by atoms with Crippen molar-refractivity contribution in [3.05, 3.63) is 40.4 Å². The number of aryl methyl sites for hydroxylation is 2. The zero-order chi connectivity index (χ0) is 13.1. The lowest BCUT2D eigenvalue weighted by molar-refractivity contribution is 0.0690. The van der Waals surface area contributed by atoms with E-state index in [-0.39, 0.29) is 5.69 Å². The largest absolute Gasteiger partial charge is 0.476 e. The van der Waals surface area contributed by atoms with Crippen LogP contribution < -0.4 is 5.32 Å². The summed E-state index contributed by atoms with van der Waals surface area (Å²) in [5.41, 5.74) is 2.30. The molecule has 0 unspecified atom stereocenters. The summed E-state index contributed by atoms with van der Waals surface area (Å²) in [4.78, 5) is 15.6. The first kappa shape index (κ1) is 12.6. The summed E-state index contributed by atoms with van der Waals surface area (Å²) in [6, 6.07) is 8.02. The third kappa shape index (κ3) is 2.68. The van der Waals surface area contributed by atoms with Crippen LogP contribution in [-0.4, -0.2) is 16.1 Å². The number of hydrogen-bond acceptors (Lipinski definition) is 4. The van der Waals surface area contributed by atoms with Gasteiger partial charge in [0.05, 0.1) is 0 Å². The van der Waals surface area contributed by atoms with E-state index in [1.54, 1.807) is 6.92 Å². The molecule has 0 atom stereocenters. The van der Waals surface area contributed by atoms with E-state index in [9.17, 15) is 4.79 Å². The van der Waals surface area contributed by atoms with Crippen LogP contribution in [0.15, 0.2) is 24.3 Å². The monoisotopic (exact) mass is 262 g/mol. The van der Waals surface area contributed by atoms with E-state index in [4.69, 9.17) is 5.11 Å². The van der Waals surface area contributed by atoms with Crippen LogP contribution in [0.3, 0.4) is 0 Å². The van der Waals surface area contributed by atoms with Crippen molar-refractivity contribution < 1.29 is 9.90 Å². The molecule has 0 radical (unpaired) electrons. The van der Waals surface area contributed by atoms with Gasteiger partial charge in [-0.15, -0.1) is 11.3 Å². The van der Waals surface area contributed by atoms with Crippen molar-refractivity contribution in [2.45, 2.75) is 20.3 Å². The third-order valence-corrected chi connectivity index (χ3v) is 3.50. The molecular weight excluding hydrogens is 248 g/mol. The number of carbonyl (C=O) groups is 1. The second-order valence-electron chi connectivity index (χ2n) is 3.90. The fraction of sp³-hybridized carbons (Fsp3) is 0.231. The Kier molecular flexibility index (Phi) is 3.62. The molecule has 0 amide bonds. The molecule has 0 bridgehead atoms. The minimum absolute atomic E-state index is 0.118. The lowest BCUT2D eigenvalue weighted by Crippen LogP contribution is -1.99.